The molecule has 0 aliphatic rings. The van der Waals surface area contributed by atoms with Gasteiger partial charge in [0.15, 0.2) is 5.78 Å². The highest BCUT2D eigenvalue weighted by Gasteiger charge is 2.05. The molecular formula is C18H20N2O3. The van der Waals surface area contributed by atoms with Gasteiger partial charge in [0.1, 0.15) is 5.75 Å². The molecule has 0 aliphatic carbocycles. The van der Waals surface area contributed by atoms with Gasteiger partial charge in [-0.3, -0.25) is 9.59 Å². The van der Waals surface area contributed by atoms with E-state index in [2.05, 4.69) is 10.6 Å². The number of para-hydroxylation sites is 1. The second-order valence-corrected chi connectivity index (χ2v) is 5.10. The van der Waals surface area contributed by atoms with Crippen LogP contribution in [-0.2, 0) is 11.3 Å². The zero-order valence-electron chi connectivity index (χ0n) is 13.3. The van der Waals surface area contributed by atoms with E-state index in [1.165, 1.54) is 6.92 Å². The first-order valence-electron chi connectivity index (χ1n) is 7.33. The van der Waals surface area contributed by atoms with Gasteiger partial charge in [-0.1, -0.05) is 18.2 Å². The van der Waals surface area contributed by atoms with Crippen molar-refractivity contribution in [2.24, 2.45) is 0 Å². The van der Waals surface area contributed by atoms with Crippen LogP contribution in [0.1, 0.15) is 22.8 Å². The molecule has 2 N–H and O–H groups in total. The summed E-state index contributed by atoms with van der Waals surface area (Å²) in [5.41, 5.74) is 2.28. The fraction of sp³-hybridized carbons (Fsp3) is 0.222. The summed E-state index contributed by atoms with van der Waals surface area (Å²) in [4.78, 5) is 23.1. The molecule has 0 unspecified atom stereocenters. The number of Topliss-reactive ketones (excluding diaryl/α,β-unsaturated/α-hetero) is 1. The molecule has 2 aromatic rings. The molecular weight excluding hydrogens is 292 g/mol. The monoisotopic (exact) mass is 312 g/mol. The van der Waals surface area contributed by atoms with E-state index < -0.39 is 0 Å². The fourth-order valence-corrected chi connectivity index (χ4v) is 2.15. The van der Waals surface area contributed by atoms with Gasteiger partial charge in [0.25, 0.3) is 0 Å². The van der Waals surface area contributed by atoms with Crippen LogP contribution < -0.4 is 15.4 Å². The molecule has 0 heterocycles. The summed E-state index contributed by atoms with van der Waals surface area (Å²) in [5.74, 6) is 0.650. The predicted molar refractivity (Wildman–Crippen MR) is 89.8 cm³/mol. The highest BCUT2D eigenvalue weighted by Crippen LogP contribution is 2.16. The number of carbonyl (C=O) groups excluding carboxylic acids is 2. The van der Waals surface area contributed by atoms with E-state index in [4.69, 9.17) is 4.74 Å². The van der Waals surface area contributed by atoms with Gasteiger partial charge >= 0.3 is 0 Å². The van der Waals surface area contributed by atoms with Crippen LogP contribution in [-0.4, -0.2) is 25.3 Å². The van der Waals surface area contributed by atoms with E-state index in [1.54, 1.807) is 31.4 Å². The van der Waals surface area contributed by atoms with Crippen LogP contribution in [0, 0.1) is 0 Å². The Labute approximate surface area is 135 Å². The Morgan fingerprint density at radius 3 is 2.39 bits per heavy atom. The van der Waals surface area contributed by atoms with Crippen molar-refractivity contribution in [2.75, 3.05) is 19.0 Å². The summed E-state index contributed by atoms with van der Waals surface area (Å²) >= 11 is 0. The number of benzene rings is 2. The molecule has 2 rings (SSSR count). The molecule has 0 aliphatic heterocycles. The predicted octanol–water partition coefficient (Wildman–Crippen LogP) is 2.63. The number of anilines is 1. The zero-order valence-corrected chi connectivity index (χ0v) is 13.3. The first-order chi connectivity index (χ1) is 11.1. The molecule has 2 aromatic carbocycles. The third-order valence-electron chi connectivity index (χ3n) is 3.37. The molecule has 0 radical (unpaired) electrons. The summed E-state index contributed by atoms with van der Waals surface area (Å²) in [6, 6.07) is 14.5. The van der Waals surface area contributed by atoms with Crippen molar-refractivity contribution < 1.29 is 14.3 Å². The van der Waals surface area contributed by atoms with Gasteiger partial charge in [-0.2, -0.15) is 0 Å². The number of amides is 1. The average molecular weight is 312 g/mol. The molecule has 120 valence electrons. The summed E-state index contributed by atoms with van der Waals surface area (Å²) in [6.07, 6.45) is 0. The molecule has 0 bridgehead atoms. The first kappa shape index (κ1) is 16.7. The molecule has 1 amide bonds. The smallest absolute Gasteiger partial charge is 0.238 e. The maximum absolute atomic E-state index is 11.9. The van der Waals surface area contributed by atoms with Gasteiger partial charge < -0.3 is 15.4 Å². The number of methoxy groups -OCH3 is 1. The third-order valence-corrected chi connectivity index (χ3v) is 3.37. The Morgan fingerprint density at radius 2 is 1.74 bits per heavy atom. The maximum atomic E-state index is 11.9. The lowest BCUT2D eigenvalue weighted by molar-refractivity contribution is -0.115. The summed E-state index contributed by atoms with van der Waals surface area (Å²) < 4.78 is 5.26. The molecule has 0 spiro atoms. The van der Waals surface area contributed by atoms with E-state index in [9.17, 15) is 9.59 Å². The van der Waals surface area contributed by atoms with E-state index in [0.717, 1.165) is 11.3 Å². The van der Waals surface area contributed by atoms with Crippen LogP contribution >= 0.6 is 0 Å². The van der Waals surface area contributed by atoms with Gasteiger partial charge in [0, 0.05) is 23.4 Å². The standard InChI is InChI=1S/C18H20N2O3/c1-13(21)14-7-9-16(10-8-14)20-18(22)12-19-11-15-5-3-4-6-17(15)23-2/h3-10,19H,11-12H2,1-2H3,(H,20,22). The van der Waals surface area contributed by atoms with Crippen molar-refractivity contribution in [3.8, 4) is 5.75 Å². The Hall–Kier alpha value is -2.66. The van der Waals surface area contributed by atoms with E-state index in [0.29, 0.717) is 17.8 Å². The summed E-state index contributed by atoms with van der Waals surface area (Å²) in [5, 5.41) is 5.86. The zero-order chi connectivity index (χ0) is 16.7. The van der Waals surface area contributed by atoms with Crippen molar-refractivity contribution >= 4 is 17.4 Å². The van der Waals surface area contributed by atoms with Crippen LogP contribution in [0.4, 0.5) is 5.69 Å². The molecule has 0 saturated heterocycles. The van der Waals surface area contributed by atoms with Gasteiger partial charge in [0.05, 0.1) is 13.7 Å². The van der Waals surface area contributed by atoms with Crippen molar-refractivity contribution in [1.82, 2.24) is 5.32 Å². The van der Waals surface area contributed by atoms with Gasteiger partial charge in [-0.15, -0.1) is 0 Å². The Balaban J connectivity index is 1.82. The molecule has 0 fully saturated rings. The average Bonchev–Trinajstić information content (AvgIpc) is 2.55. The summed E-state index contributed by atoms with van der Waals surface area (Å²) in [6.45, 7) is 2.24. The fourth-order valence-electron chi connectivity index (χ4n) is 2.15. The molecule has 5 nitrogen and oxygen atoms in total. The van der Waals surface area contributed by atoms with Crippen LogP contribution in [0.2, 0.25) is 0 Å². The number of ether oxygens (including phenoxy) is 1. The van der Waals surface area contributed by atoms with Crippen molar-refractivity contribution in [1.29, 1.82) is 0 Å². The number of carbonyl (C=O) groups is 2. The first-order valence-corrected chi connectivity index (χ1v) is 7.33. The van der Waals surface area contributed by atoms with Crippen molar-refractivity contribution in [3.05, 3.63) is 59.7 Å². The lowest BCUT2D eigenvalue weighted by Crippen LogP contribution is -2.27. The molecule has 5 heteroatoms. The Morgan fingerprint density at radius 1 is 1.04 bits per heavy atom. The largest absolute Gasteiger partial charge is 0.496 e. The SMILES string of the molecule is COc1ccccc1CNCC(=O)Nc1ccc(C(C)=O)cc1. The van der Waals surface area contributed by atoms with E-state index in [1.807, 2.05) is 24.3 Å². The number of hydrogen-bond donors (Lipinski definition) is 2. The maximum Gasteiger partial charge on any atom is 0.238 e. The van der Waals surface area contributed by atoms with Gasteiger partial charge in [0.2, 0.25) is 5.91 Å². The second kappa shape index (κ2) is 8.10. The summed E-state index contributed by atoms with van der Waals surface area (Å²) in [7, 11) is 1.62. The normalized spacial score (nSPS) is 10.2. The van der Waals surface area contributed by atoms with E-state index in [-0.39, 0.29) is 18.2 Å². The minimum absolute atomic E-state index is 0.00125. The van der Waals surface area contributed by atoms with E-state index >= 15 is 0 Å². The minimum Gasteiger partial charge on any atom is -0.496 e. The minimum atomic E-state index is -0.143. The van der Waals surface area contributed by atoms with Crippen LogP contribution in [0.25, 0.3) is 0 Å². The highest BCUT2D eigenvalue weighted by molar-refractivity contribution is 5.96. The molecule has 0 saturated carbocycles. The van der Waals surface area contributed by atoms with Gasteiger partial charge in [-0.25, -0.2) is 0 Å². The van der Waals surface area contributed by atoms with Crippen molar-refractivity contribution in [2.45, 2.75) is 13.5 Å². The lowest BCUT2D eigenvalue weighted by Gasteiger charge is -2.10. The molecule has 0 aromatic heterocycles. The van der Waals surface area contributed by atoms with Crippen molar-refractivity contribution in [3.63, 3.8) is 0 Å². The third kappa shape index (κ3) is 4.93. The van der Waals surface area contributed by atoms with Gasteiger partial charge in [-0.05, 0) is 37.3 Å². The highest BCUT2D eigenvalue weighted by atomic mass is 16.5. The number of ketones is 1. The van der Waals surface area contributed by atoms with Crippen LogP contribution in [0.15, 0.2) is 48.5 Å². The quantitative estimate of drug-likeness (QED) is 0.771. The molecule has 0 atom stereocenters. The number of nitrogens with one attached hydrogen (secondary N) is 2. The molecule has 23 heavy (non-hydrogen) atoms. The second-order valence-electron chi connectivity index (χ2n) is 5.10. The topological polar surface area (TPSA) is 67.4 Å². The Bertz CT molecular complexity index is 681. The number of rotatable bonds is 7. The number of hydrogen-bond acceptors (Lipinski definition) is 4. The Kier molecular flexibility index (Phi) is 5.88. The lowest BCUT2D eigenvalue weighted by atomic mass is 10.1. The van der Waals surface area contributed by atoms with Crippen LogP contribution in [0.5, 0.6) is 5.75 Å². The van der Waals surface area contributed by atoms with Crippen LogP contribution in [0.3, 0.4) is 0 Å².